The molecule has 7 nitrogen and oxygen atoms in total. The number of nitrogens with zero attached hydrogens (tertiary/aromatic N) is 4. The zero-order valence-electron chi connectivity index (χ0n) is 21.4. The van der Waals surface area contributed by atoms with E-state index in [1.807, 2.05) is 0 Å². The van der Waals surface area contributed by atoms with E-state index in [2.05, 4.69) is 17.0 Å². The van der Waals surface area contributed by atoms with Crippen molar-refractivity contribution in [2.75, 3.05) is 18.6 Å². The van der Waals surface area contributed by atoms with Crippen LogP contribution in [-0.4, -0.2) is 58.6 Å². The Balaban J connectivity index is 1.31. The summed E-state index contributed by atoms with van der Waals surface area (Å²) in [6.07, 6.45) is -1.13. The van der Waals surface area contributed by atoms with Gasteiger partial charge < -0.3 is 4.90 Å². The summed E-state index contributed by atoms with van der Waals surface area (Å²) in [7, 11) is -2.12. The largest absolute Gasteiger partial charge is 0.413 e. The van der Waals surface area contributed by atoms with Crippen LogP contribution in [0.1, 0.15) is 67.0 Å². The number of rotatable bonds is 4. The fraction of sp³-hybridized carbons (Fsp3) is 0.519. The molecule has 1 saturated carbocycles. The maximum absolute atomic E-state index is 14.3. The van der Waals surface area contributed by atoms with Crippen molar-refractivity contribution in [3.63, 3.8) is 0 Å². The van der Waals surface area contributed by atoms with Crippen LogP contribution in [0.2, 0.25) is 0 Å². The molecule has 0 N–H and O–H groups in total. The van der Waals surface area contributed by atoms with Gasteiger partial charge in [0.2, 0.25) is 11.9 Å². The number of carbonyl (C=O) groups is 1. The van der Waals surface area contributed by atoms with Gasteiger partial charge in [-0.15, -0.1) is 5.10 Å². The summed E-state index contributed by atoms with van der Waals surface area (Å²) >= 11 is 0. The van der Waals surface area contributed by atoms with Crippen LogP contribution in [0, 0.1) is 17.8 Å². The van der Waals surface area contributed by atoms with Crippen LogP contribution >= 0.6 is 0 Å². The Morgan fingerprint density at radius 3 is 2.41 bits per heavy atom. The van der Waals surface area contributed by atoms with Gasteiger partial charge in [0.15, 0.2) is 11.7 Å². The third-order valence-electron chi connectivity index (χ3n) is 9.11. The van der Waals surface area contributed by atoms with Gasteiger partial charge in [-0.3, -0.25) is 4.79 Å². The second kappa shape index (κ2) is 8.74. The van der Waals surface area contributed by atoms with Gasteiger partial charge in [0.1, 0.15) is 9.84 Å². The predicted molar refractivity (Wildman–Crippen MR) is 134 cm³/mol. The van der Waals surface area contributed by atoms with Gasteiger partial charge in [0.25, 0.3) is 0 Å². The monoisotopic (exact) mass is 564 g/mol. The van der Waals surface area contributed by atoms with Crippen molar-refractivity contribution in [2.24, 2.45) is 11.8 Å². The summed E-state index contributed by atoms with van der Waals surface area (Å²) in [4.78, 5) is 18.1. The predicted octanol–water partition coefficient (Wildman–Crippen LogP) is 4.57. The standard InChI is InChI=1S/C27H28F4N4O3S/c1-26-10-7-19(26)22(18-14-32-21-13-20(28)33-35(21)24(18)26)15-3-5-16(6-4-15)23(27(29,30)31)34(2)25(36)17-8-11-39(37,38)12-9-17/h3-6,13-14,17,19,22-23H,7-12H2,1-2H3/t19-,22+,23-,26-/m0/s1. The molecule has 0 bridgehead atoms. The molecule has 0 radical (unpaired) electrons. The van der Waals surface area contributed by atoms with E-state index >= 15 is 0 Å². The minimum absolute atomic E-state index is 0.0255. The van der Waals surface area contributed by atoms with Crippen molar-refractivity contribution >= 4 is 21.4 Å². The van der Waals surface area contributed by atoms with Gasteiger partial charge >= 0.3 is 6.18 Å². The lowest BCUT2D eigenvalue weighted by Gasteiger charge is -2.44. The number of alkyl halides is 3. The smallest absolute Gasteiger partial charge is 0.330 e. The number of sulfone groups is 1. The molecule has 1 aromatic carbocycles. The van der Waals surface area contributed by atoms with Crippen molar-refractivity contribution in [3.8, 4) is 0 Å². The first-order valence-corrected chi connectivity index (χ1v) is 14.8. The highest BCUT2D eigenvalue weighted by Gasteiger charge is 2.57. The first-order chi connectivity index (χ1) is 18.3. The fourth-order valence-electron chi connectivity index (χ4n) is 6.99. The molecule has 6 rings (SSSR count). The van der Waals surface area contributed by atoms with Crippen molar-refractivity contribution in [1.82, 2.24) is 19.5 Å². The fourth-order valence-corrected chi connectivity index (χ4v) is 8.48. The second-order valence-electron chi connectivity index (χ2n) is 11.3. The summed E-state index contributed by atoms with van der Waals surface area (Å²) in [5, 5.41) is 4.02. The topological polar surface area (TPSA) is 84.6 Å². The molecule has 3 heterocycles. The Bertz CT molecular complexity index is 1560. The van der Waals surface area contributed by atoms with E-state index in [1.54, 1.807) is 22.8 Å². The lowest BCUT2D eigenvalue weighted by Crippen LogP contribution is -2.44. The van der Waals surface area contributed by atoms with Crippen LogP contribution in [0.25, 0.3) is 5.65 Å². The Kier molecular flexibility index (Phi) is 5.87. The van der Waals surface area contributed by atoms with Gasteiger partial charge in [0.05, 0.1) is 17.2 Å². The third-order valence-corrected chi connectivity index (χ3v) is 10.8. The van der Waals surface area contributed by atoms with Crippen LogP contribution in [0.3, 0.4) is 0 Å². The molecular formula is C27H28F4N4O3S. The Hall–Kier alpha value is -3.02. The molecule has 1 aliphatic heterocycles. The number of fused-ring (bicyclic) bond motifs is 5. The maximum atomic E-state index is 14.3. The molecule has 3 aromatic rings. The van der Waals surface area contributed by atoms with E-state index in [-0.39, 0.29) is 47.2 Å². The lowest BCUT2D eigenvalue weighted by molar-refractivity contribution is -0.190. The molecule has 3 aliphatic rings. The van der Waals surface area contributed by atoms with Crippen LogP contribution < -0.4 is 0 Å². The van der Waals surface area contributed by atoms with Gasteiger partial charge in [-0.1, -0.05) is 31.2 Å². The van der Waals surface area contributed by atoms with Crippen molar-refractivity contribution in [3.05, 3.63) is 64.9 Å². The van der Waals surface area contributed by atoms with Crippen LogP contribution in [0.15, 0.2) is 36.5 Å². The summed E-state index contributed by atoms with van der Waals surface area (Å²) < 4.78 is 81.8. The van der Waals surface area contributed by atoms with Crippen LogP contribution in [0.4, 0.5) is 17.6 Å². The summed E-state index contributed by atoms with van der Waals surface area (Å²) in [6, 6.07) is 5.29. The zero-order valence-corrected chi connectivity index (χ0v) is 22.3. The molecule has 39 heavy (non-hydrogen) atoms. The molecule has 12 heteroatoms. The highest BCUT2D eigenvalue weighted by molar-refractivity contribution is 7.91. The number of benzene rings is 1. The minimum Gasteiger partial charge on any atom is -0.330 e. The van der Waals surface area contributed by atoms with Crippen LogP contribution in [-0.2, 0) is 20.0 Å². The van der Waals surface area contributed by atoms with Crippen LogP contribution in [0.5, 0.6) is 0 Å². The van der Waals surface area contributed by atoms with Crippen molar-refractivity contribution in [2.45, 2.75) is 56.2 Å². The minimum atomic E-state index is -4.72. The quantitative estimate of drug-likeness (QED) is 0.434. The van der Waals surface area contributed by atoms with E-state index in [0.717, 1.165) is 36.7 Å². The molecule has 1 amide bonds. The average molecular weight is 565 g/mol. The number of halogens is 4. The zero-order chi connectivity index (χ0) is 27.9. The Morgan fingerprint density at radius 1 is 1.15 bits per heavy atom. The molecule has 208 valence electrons. The van der Waals surface area contributed by atoms with Crippen molar-refractivity contribution in [1.29, 1.82) is 0 Å². The number of amides is 1. The first kappa shape index (κ1) is 26.2. The van der Waals surface area contributed by atoms with E-state index < -0.39 is 39.8 Å². The Labute approximate surface area is 223 Å². The molecule has 0 unspecified atom stereocenters. The summed E-state index contributed by atoms with van der Waals surface area (Å²) in [6.45, 7) is 2.12. The second-order valence-corrected chi connectivity index (χ2v) is 13.6. The van der Waals surface area contributed by atoms with E-state index in [0.29, 0.717) is 10.5 Å². The normalized spacial score (nSPS) is 27.0. The number of carbonyl (C=O) groups excluding carboxylic acids is 1. The molecule has 2 aromatic heterocycles. The average Bonchev–Trinajstić information content (AvgIpc) is 3.31. The van der Waals surface area contributed by atoms with Crippen molar-refractivity contribution < 1.29 is 30.8 Å². The summed E-state index contributed by atoms with van der Waals surface area (Å²) in [5.41, 5.74) is 2.74. The molecule has 4 atom stereocenters. The van der Waals surface area contributed by atoms with E-state index in [9.17, 15) is 30.8 Å². The molecule has 1 saturated heterocycles. The van der Waals surface area contributed by atoms with E-state index in [1.165, 1.54) is 18.2 Å². The number of hydrogen-bond acceptors (Lipinski definition) is 5. The molecule has 2 aliphatic carbocycles. The SMILES string of the molecule is CN(C(=O)C1CCS(=O)(=O)CC1)[C@@H](c1ccc([C@@H]2c3cnc4cc(F)nn4c3[C@@]3(C)CC[C@@H]23)cc1)C(F)(F)F. The molecular weight excluding hydrogens is 536 g/mol. The highest BCUT2D eigenvalue weighted by atomic mass is 32.2. The third kappa shape index (κ3) is 4.13. The first-order valence-electron chi connectivity index (χ1n) is 13.0. The summed E-state index contributed by atoms with van der Waals surface area (Å²) in [5.74, 6) is -2.41. The highest BCUT2D eigenvalue weighted by Crippen LogP contribution is 2.63. The number of aromatic nitrogens is 3. The van der Waals surface area contributed by atoms with Gasteiger partial charge in [-0.25, -0.2) is 17.9 Å². The van der Waals surface area contributed by atoms with Gasteiger partial charge in [-0.05, 0) is 42.7 Å². The van der Waals surface area contributed by atoms with Gasteiger partial charge in [0, 0.05) is 42.1 Å². The molecule has 2 fully saturated rings. The Morgan fingerprint density at radius 2 is 1.82 bits per heavy atom. The number of hydrogen-bond donors (Lipinski definition) is 0. The van der Waals surface area contributed by atoms with E-state index in [4.69, 9.17) is 0 Å². The molecule has 0 spiro atoms. The maximum Gasteiger partial charge on any atom is 0.413 e. The lowest BCUT2D eigenvalue weighted by atomic mass is 9.59. The van der Waals surface area contributed by atoms with Gasteiger partial charge in [-0.2, -0.15) is 17.6 Å².